The first-order valence-corrected chi connectivity index (χ1v) is 12.1. The van der Waals surface area contributed by atoms with Gasteiger partial charge in [0, 0.05) is 20.3 Å². The lowest BCUT2D eigenvalue weighted by Gasteiger charge is -2.24. The normalized spacial score (nSPS) is 24.0. The predicted octanol–water partition coefficient (Wildman–Crippen LogP) is 7.68. The average molecular weight is 474 g/mol. The number of thiophene rings is 1. The molecule has 158 valence electrons. The minimum Gasteiger partial charge on any atom is -0.465 e. The Morgan fingerprint density at radius 1 is 1.10 bits per heavy atom. The lowest BCUT2D eigenvalue weighted by atomic mass is 9.82. The Hall–Kier alpha value is -0.740. The first-order chi connectivity index (χ1) is 13.9. The summed E-state index contributed by atoms with van der Waals surface area (Å²) in [6.45, 7) is 2.33. The van der Waals surface area contributed by atoms with Crippen molar-refractivity contribution in [1.29, 1.82) is 0 Å². The molecule has 2 aromatic rings. The van der Waals surface area contributed by atoms with Gasteiger partial charge in [0.05, 0.1) is 7.11 Å². The zero-order valence-electron chi connectivity index (χ0n) is 16.8. The fraction of sp³-hybridized carbons (Fsp3) is 0.522. The van der Waals surface area contributed by atoms with Crippen molar-refractivity contribution in [2.45, 2.75) is 50.8 Å². The number of methoxy groups -OCH3 is 1. The molecule has 0 amide bonds. The molecule has 0 radical (unpaired) electrons. The molecule has 1 aliphatic carbocycles. The van der Waals surface area contributed by atoms with Gasteiger partial charge in [-0.05, 0) is 92.2 Å². The van der Waals surface area contributed by atoms with Gasteiger partial charge in [0.2, 0.25) is 0 Å². The van der Waals surface area contributed by atoms with E-state index in [1.54, 1.807) is 6.07 Å². The quantitative estimate of drug-likeness (QED) is 0.290. The highest BCUT2D eigenvalue weighted by Gasteiger charge is 2.39. The molecule has 0 bridgehead atoms. The first-order valence-electron chi connectivity index (χ1n) is 10.1. The average Bonchev–Trinajstić information content (AvgIpc) is 3.23. The van der Waals surface area contributed by atoms with E-state index in [1.165, 1.54) is 28.9 Å². The molecule has 29 heavy (non-hydrogen) atoms. The topological polar surface area (TPSA) is 26.3 Å². The summed E-state index contributed by atoms with van der Waals surface area (Å²) in [5.74, 6) is 1.52. The van der Waals surface area contributed by atoms with E-state index < -0.39 is 0 Å². The summed E-state index contributed by atoms with van der Waals surface area (Å²) >= 11 is 20.6. The number of alkyl halides is 1. The van der Waals surface area contributed by atoms with Crippen LogP contribution in [0, 0.1) is 17.8 Å². The molecule has 0 spiro atoms. The minimum absolute atomic E-state index is 0.243. The third-order valence-electron chi connectivity index (χ3n) is 6.04. The van der Waals surface area contributed by atoms with Gasteiger partial charge in [0.15, 0.2) is 0 Å². The van der Waals surface area contributed by atoms with E-state index in [1.807, 2.05) is 24.3 Å². The van der Waals surface area contributed by atoms with Crippen LogP contribution in [0.15, 0.2) is 30.3 Å². The van der Waals surface area contributed by atoms with Crippen molar-refractivity contribution >= 4 is 52.1 Å². The molecule has 0 N–H and O–H groups in total. The second kappa shape index (κ2) is 10.5. The van der Waals surface area contributed by atoms with Gasteiger partial charge < -0.3 is 4.74 Å². The van der Waals surface area contributed by atoms with Crippen molar-refractivity contribution in [2.24, 2.45) is 17.8 Å². The summed E-state index contributed by atoms with van der Waals surface area (Å²) in [6, 6.07) is 9.68. The molecule has 1 fully saturated rings. The van der Waals surface area contributed by atoms with Crippen LogP contribution in [0.5, 0.6) is 0 Å². The van der Waals surface area contributed by atoms with Crippen LogP contribution in [-0.4, -0.2) is 18.5 Å². The molecular weight excluding hydrogens is 447 g/mol. The first kappa shape index (κ1) is 22.9. The summed E-state index contributed by atoms with van der Waals surface area (Å²) in [4.78, 5) is 13.5. The van der Waals surface area contributed by atoms with Crippen LogP contribution in [-0.2, 0) is 17.6 Å². The number of carbonyl (C=O) groups excluding carboxylic acids is 1. The number of hydrogen-bond acceptors (Lipinski definition) is 3. The van der Waals surface area contributed by atoms with Crippen LogP contribution < -0.4 is 0 Å². The van der Waals surface area contributed by atoms with Crippen LogP contribution >= 0.6 is 46.1 Å². The maximum absolute atomic E-state index is 11.6. The van der Waals surface area contributed by atoms with Gasteiger partial charge in [0.1, 0.15) is 4.88 Å². The molecule has 1 aliphatic rings. The Balaban J connectivity index is 1.55. The van der Waals surface area contributed by atoms with E-state index in [-0.39, 0.29) is 11.3 Å². The zero-order valence-corrected chi connectivity index (χ0v) is 19.9. The van der Waals surface area contributed by atoms with Crippen molar-refractivity contribution in [1.82, 2.24) is 0 Å². The van der Waals surface area contributed by atoms with Gasteiger partial charge in [-0.25, -0.2) is 4.79 Å². The maximum atomic E-state index is 11.6. The summed E-state index contributed by atoms with van der Waals surface area (Å²) in [6.07, 6.45) is 6.34. The maximum Gasteiger partial charge on any atom is 0.348 e. The number of benzene rings is 1. The van der Waals surface area contributed by atoms with Crippen molar-refractivity contribution in [3.63, 3.8) is 0 Å². The van der Waals surface area contributed by atoms with Gasteiger partial charge in [-0.3, -0.25) is 0 Å². The van der Waals surface area contributed by atoms with Crippen molar-refractivity contribution in [3.05, 3.63) is 55.7 Å². The predicted molar refractivity (Wildman–Crippen MR) is 124 cm³/mol. The molecule has 1 heterocycles. The molecule has 0 unspecified atom stereocenters. The van der Waals surface area contributed by atoms with E-state index in [4.69, 9.17) is 39.5 Å². The SMILES string of the molecule is COC(=O)c1ccc(CCC[C@@H]2[C@@H](CCc3cc(Cl)cc(Cl)c3)[C@H](C)C[C@H]2Cl)s1. The number of hydrogen-bond donors (Lipinski definition) is 0. The molecule has 0 saturated heterocycles. The van der Waals surface area contributed by atoms with Gasteiger partial charge in [0.25, 0.3) is 0 Å². The lowest BCUT2D eigenvalue weighted by molar-refractivity contribution is 0.0606. The molecule has 2 nitrogen and oxygen atoms in total. The highest BCUT2D eigenvalue weighted by atomic mass is 35.5. The molecule has 4 atom stereocenters. The van der Waals surface area contributed by atoms with Gasteiger partial charge in [-0.15, -0.1) is 22.9 Å². The fourth-order valence-corrected chi connectivity index (χ4v) is 6.74. The van der Waals surface area contributed by atoms with Gasteiger partial charge in [-0.2, -0.15) is 0 Å². The van der Waals surface area contributed by atoms with Crippen molar-refractivity contribution in [3.8, 4) is 0 Å². The Morgan fingerprint density at radius 3 is 2.52 bits per heavy atom. The number of halogens is 3. The smallest absolute Gasteiger partial charge is 0.348 e. The molecule has 1 aromatic heterocycles. The van der Waals surface area contributed by atoms with Crippen LogP contribution in [0.25, 0.3) is 0 Å². The number of carbonyl (C=O) groups is 1. The molecule has 3 rings (SSSR count). The molecule has 6 heteroatoms. The second-order valence-corrected chi connectivity index (χ2v) is 10.6. The summed E-state index contributed by atoms with van der Waals surface area (Å²) in [5.41, 5.74) is 1.19. The zero-order chi connectivity index (χ0) is 21.0. The van der Waals surface area contributed by atoms with E-state index in [9.17, 15) is 4.79 Å². The third-order valence-corrected chi connectivity index (χ3v) is 8.10. The van der Waals surface area contributed by atoms with Crippen molar-refractivity contribution < 1.29 is 9.53 Å². The number of rotatable bonds is 8. The Bertz CT molecular complexity index is 815. The van der Waals surface area contributed by atoms with E-state index in [0.29, 0.717) is 32.7 Å². The van der Waals surface area contributed by atoms with Crippen LogP contribution in [0.1, 0.15) is 52.7 Å². The number of ether oxygens (including phenoxy) is 1. The lowest BCUT2D eigenvalue weighted by Crippen LogP contribution is -2.18. The summed E-state index contributed by atoms with van der Waals surface area (Å²) in [7, 11) is 1.42. The second-order valence-electron chi connectivity index (χ2n) is 8.02. The van der Waals surface area contributed by atoms with Gasteiger partial charge >= 0.3 is 5.97 Å². The largest absolute Gasteiger partial charge is 0.465 e. The molecule has 1 aromatic carbocycles. The highest BCUT2D eigenvalue weighted by molar-refractivity contribution is 7.13. The van der Waals surface area contributed by atoms with Crippen LogP contribution in [0.3, 0.4) is 0 Å². The van der Waals surface area contributed by atoms with Crippen LogP contribution in [0.4, 0.5) is 0 Å². The van der Waals surface area contributed by atoms with E-state index in [0.717, 1.165) is 38.5 Å². The molecule has 0 aliphatic heterocycles. The van der Waals surface area contributed by atoms with Crippen LogP contribution in [0.2, 0.25) is 10.0 Å². The van der Waals surface area contributed by atoms with E-state index in [2.05, 4.69) is 6.92 Å². The fourth-order valence-electron chi connectivity index (χ4n) is 4.61. The summed E-state index contributed by atoms with van der Waals surface area (Å²) < 4.78 is 4.79. The van der Waals surface area contributed by atoms with Crippen molar-refractivity contribution in [2.75, 3.05) is 7.11 Å². The summed E-state index contributed by atoms with van der Waals surface area (Å²) in [5, 5.41) is 1.63. The van der Waals surface area contributed by atoms with E-state index >= 15 is 0 Å². The standard InChI is InChI=1S/C23H27Cl3O2S/c1-14-10-21(26)20(5-3-4-18-7-9-22(29-18)23(27)28-2)19(14)8-6-15-11-16(24)13-17(25)12-15/h7,9,11-14,19-21H,3-6,8,10H2,1-2H3/t14-,19+,20-,21-/m1/s1. The molecular formula is C23H27Cl3O2S. The monoisotopic (exact) mass is 472 g/mol. The minimum atomic E-state index is -0.257. The Kier molecular flexibility index (Phi) is 8.32. The number of esters is 1. The number of aryl methyl sites for hydroxylation is 2. The highest BCUT2D eigenvalue weighted by Crippen LogP contribution is 2.45. The Morgan fingerprint density at radius 2 is 1.83 bits per heavy atom. The third kappa shape index (κ3) is 6.13. The van der Waals surface area contributed by atoms with Gasteiger partial charge in [-0.1, -0.05) is 30.1 Å². The Labute approximate surface area is 192 Å². The molecule has 1 saturated carbocycles.